The zero-order chi connectivity index (χ0) is 20.1. The number of amides is 1. The Hall–Kier alpha value is -2.15. The number of halogens is 2. The number of piperazine rings is 1. The van der Waals surface area contributed by atoms with E-state index in [0.29, 0.717) is 13.1 Å². The fourth-order valence-electron chi connectivity index (χ4n) is 3.70. The molecule has 2 aromatic rings. The lowest BCUT2D eigenvalue weighted by Crippen LogP contribution is -2.50. The van der Waals surface area contributed by atoms with Crippen LogP contribution in [0.1, 0.15) is 30.1 Å². The lowest BCUT2D eigenvalue weighted by Gasteiger charge is -2.37. The van der Waals surface area contributed by atoms with Gasteiger partial charge in [-0.1, -0.05) is 30.3 Å². The summed E-state index contributed by atoms with van der Waals surface area (Å²) in [7, 11) is 3.45. The van der Waals surface area contributed by atoms with Crippen molar-refractivity contribution in [3.05, 3.63) is 65.5 Å². The molecule has 0 bridgehead atoms. The first-order valence-electron chi connectivity index (χ1n) is 9.60. The summed E-state index contributed by atoms with van der Waals surface area (Å²) >= 11 is 0. The third-order valence-corrected chi connectivity index (χ3v) is 5.49. The van der Waals surface area contributed by atoms with E-state index in [2.05, 4.69) is 10.2 Å². The van der Waals surface area contributed by atoms with E-state index < -0.39 is 0 Å². The molecular weight excluding hydrogens is 393 g/mol. The maximum absolute atomic E-state index is 13.7. The number of nitrogens with one attached hydrogen (secondary N) is 1. The molecule has 5 nitrogen and oxygen atoms in total. The highest BCUT2D eigenvalue weighted by Crippen LogP contribution is 2.29. The molecule has 1 amide bonds. The fraction of sp³-hybridized carbons (Fsp3) is 0.409. The van der Waals surface area contributed by atoms with Crippen molar-refractivity contribution in [1.29, 1.82) is 0 Å². The number of nitrogens with zero attached hydrogens (tertiary/aromatic N) is 2. The van der Waals surface area contributed by atoms with E-state index in [1.165, 1.54) is 6.07 Å². The van der Waals surface area contributed by atoms with Gasteiger partial charge < -0.3 is 15.0 Å². The van der Waals surface area contributed by atoms with E-state index >= 15 is 0 Å². The first-order valence-corrected chi connectivity index (χ1v) is 9.60. The van der Waals surface area contributed by atoms with Crippen LogP contribution < -0.4 is 10.1 Å². The lowest BCUT2D eigenvalue weighted by atomic mass is 10.0. The number of para-hydroxylation sites is 1. The second kappa shape index (κ2) is 10.6. The summed E-state index contributed by atoms with van der Waals surface area (Å²) in [5.41, 5.74) is 1.86. The number of hydrogen-bond donors (Lipinski definition) is 1. The number of benzene rings is 2. The Labute approximate surface area is 178 Å². The van der Waals surface area contributed by atoms with E-state index in [1.54, 1.807) is 24.1 Å². The van der Waals surface area contributed by atoms with Crippen LogP contribution in [-0.2, 0) is 4.79 Å². The number of hydrogen-bond acceptors (Lipinski definition) is 4. The molecule has 0 spiro atoms. The molecule has 2 atom stereocenters. The third kappa shape index (κ3) is 5.47. The monoisotopic (exact) mass is 421 g/mol. The second-order valence-corrected chi connectivity index (χ2v) is 7.17. The van der Waals surface area contributed by atoms with Crippen molar-refractivity contribution >= 4 is 18.3 Å². The van der Waals surface area contributed by atoms with Crippen LogP contribution >= 0.6 is 12.4 Å². The van der Waals surface area contributed by atoms with Crippen molar-refractivity contribution in [1.82, 2.24) is 15.1 Å². The van der Waals surface area contributed by atoms with E-state index in [0.717, 1.165) is 30.0 Å². The van der Waals surface area contributed by atoms with Gasteiger partial charge in [0.2, 0.25) is 5.91 Å². The largest absolute Gasteiger partial charge is 0.496 e. The summed E-state index contributed by atoms with van der Waals surface area (Å²) in [5.74, 6) is 0.549. The molecule has 158 valence electrons. The van der Waals surface area contributed by atoms with Crippen molar-refractivity contribution in [3.63, 3.8) is 0 Å². The molecule has 0 aromatic heterocycles. The number of methoxy groups -OCH3 is 1. The van der Waals surface area contributed by atoms with Gasteiger partial charge >= 0.3 is 0 Å². The van der Waals surface area contributed by atoms with Gasteiger partial charge in [0.1, 0.15) is 11.6 Å². The maximum atomic E-state index is 13.7. The Balaban J connectivity index is 0.00000300. The van der Waals surface area contributed by atoms with Crippen LogP contribution in [0.25, 0.3) is 0 Å². The van der Waals surface area contributed by atoms with Gasteiger partial charge in [0.05, 0.1) is 19.7 Å². The van der Waals surface area contributed by atoms with Crippen LogP contribution in [0, 0.1) is 5.82 Å². The molecule has 3 rings (SSSR count). The Kier molecular flexibility index (Phi) is 8.44. The average molecular weight is 422 g/mol. The molecule has 2 aromatic carbocycles. The number of carbonyl (C=O) groups is 1. The topological polar surface area (TPSA) is 44.8 Å². The molecule has 0 radical (unpaired) electrons. The molecule has 7 heteroatoms. The summed E-state index contributed by atoms with van der Waals surface area (Å²) in [6, 6.07) is 14.2. The van der Waals surface area contributed by atoms with Crippen LogP contribution in [0.5, 0.6) is 5.75 Å². The van der Waals surface area contributed by atoms with Gasteiger partial charge in [0, 0.05) is 38.3 Å². The Morgan fingerprint density at radius 2 is 2.07 bits per heavy atom. The summed E-state index contributed by atoms with van der Waals surface area (Å²) in [4.78, 5) is 16.9. The molecule has 29 heavy (non-hydrogen) atoms. The summed E-state index contributed by atoms with van der Waals surface area (Å²) in [6.45, 7) is 4.54. The zero-order valence-corrected chi connectivity index (χ0v) is 17.9. The minimum atomic E-state index is -0.253. The summed E-state index contributed by atoms with van der Waals surface area (Å²) in [6.07, 6.45) is 0. The average Bonchev–Trinajstić information content (AvgIpc) is 2.73. The zero-order valence-electron chi connectivity index (χ0n) is 17.1. The highest BCUT2D eigenvalue weighted by Gasteiger charge is 2.28. The molecule has 1 N–H and O–H groups in total. The third-order valence-electron chi connectivity index (χ3n) is 5.49. The molecule has 1 saturated heterocycles. The Morgan fingerprint density at radius 1 is 1.31 bits per heavy atom. The highest BCUT2D eigenvalue weighted by molar-refractivity contribution is 5.85. The lowest BCUT2D eigenvalue weighted by molar-refractivity contribution is -0.133. The van der Waals surface area contributed by atoms with Crippen LogP contribution in [0.4, 0.5) is 4.39 Å². The Morgan fingerprint density at radius 3 is 2.79 bits per heavy atom. The van der Waals surface area contributed by atoms with Crippen molar-refractivity contribution in [2.45, 2.75) is 19.0 Å². The molecule has 1 aliphatic heterocycles. The predicted molar refractivity (Wildman–Crippen MR) is 115 cm³/mol. The first kappa shape index (κ1) is 23.1. The van der Waals surface area contributed by atoms with Gasteiger partial charge in [-0.25, -0.2) is 4.39 Å². The molecule has 2 unspecified atom stereocenters. The van der Waals surface area contributed by atoms with Gasteiger partial charge in [-0.3, -0.25) is 9.69 Å². The molecule has 1 aliphatic rings. The molecular formula is C22H29ClFN3O2. The molecule has 1 heterocycles. The van der Waals surface area contributed by atoms with Crippen LogP contribution in [0.15, 0.2) is 48.5 Å². The fourth-order valence-corrected chi connectivity index (χ4v) is 3.70. The smallest absolute Gasteiger partial charge is 0.237 e. The van der Waals surface area contributed by atoms with Crippen LogP contribution in [0.2, 0.25) is 0 Å². The number of ether oxygens (including phenoxy) is 1. The van der Waals surface area contributed by atoms with Crippen LogP contribution in [-0.4, -0.2) is 56.0 Å². The summed E-state index contributed by atoms with van der Waals surface area (Å²) in [5, 5.41) is 3.34. The van der Waals surface area contributed by atoms with Gasteiger partial charge in [-0.05, 0) is 30.7 Å². The number of rotatable bonds is 6. The van der Waals surface area contributed by atoms with E-state index in [-0.39, 0.29) is 36.2 Å². The van der Waals surface area contributed by atoms with Crippen molar-refractivity contribution in [3.8, 4) is 5.75 Å². The van der Waals surface area contributed by atoms with E-state index in [9.17, 15) is 9.18 Å². The van der Waals surface area contributed by atoms with Crippen molar-refractivity contribution < 1.29 is 13.9 Å². The second-order valence-electron chi connectivity index (χ2n) is 7.17. The van der Waals surface area contributed by atoms with Gasteiger partial charge in [0.25, 0.3) is 0 Å². The van der Waals surface area contributed by atoms with Crippen molar-refractivity contribution in [2.24, 2.45) is 0 Å². The number of carbonyl (C=O) groups excluding carboxylic acids is 1. The SMILES string of the molecule is COc1ccccc1C(C)N(C)C(=O)CN1CCNCC1c1cccc(F)c1.Cl. The maximum Gasteiger partial charge on any atom is 0.237 e. The van der Waals surface area contributed by atoms with Gasteiger partial charge in [0.15, 0.2) is 0 Å². The first-order chi connectivity index (χ1) is 13.5. The molecule has 1 fully saturated rings. The normalized spacial score (nSPS) is 17.9. The minimum absolute atomic E-state index is 0. The molecule has 0 aliphatic carbocycles. The minimum Gasteiger partial charge on any atom is -0.496 e. The van der Waals surface area contributed by atoms with E-state index in [4.69, 9.17) is 4.74 Å². The van der Waals surface area contributed by atoms with Crippen molar-refractivity contribution in [2.75, 3.05) is 40.3 Å². The quantitative estimate of drug-likeness (QED) is 0.776. The highest BCUT2D eigenvalue weighted by atomic mass is 35.5. The predicted octanol–water partition coefficient (Wildman–Crippen LogP) is 3.42. The summed E-state index contributed by atoms with van der Waals surface area (Å²) < 4.78 is 19.1. The van der Waals surface area contributed by atoms with Gasteiger partial charge in [-0.2, -0.15) is 0 Å². The van der Waals surface area contributed by atoms with Gasteiger partial charge in [-0.15, -0.1) is 12.4 Å². The van der Waals surface area contributed by atoms with E-state index in [1.807, 2.05) is 44.3 Å². The number of likely N-dealkylation sites (N-methyl/N-ethyl adjacent to an activating group) is 1. The standard InChI is InChI=1S/C22H28FN3O2.ClH/c1-16(19-9-4-5-10-21(19)28-3)25(2)22(27)15-26-12-11-24-14-20(26)17-7-6-8-18(23)13-17;/h4-10,13,16,20,24H,11-12,14-15H2,1-3H3;1H. The Bertz CT molecular complexity index is 820. The van der Waals surface area contributed by atoms with Crippen LogP contribution in [0.3, 0.4) is 0 Å². The molecule has 0 saturated carbocycles.